The Morgan fingerprint density at radius 3 is 2.48 bits per heavy atom. The van der Waals surface area contributed by atoms with Crippen molar-refractivity contribution in [2.75, 3.05) is 13.1 Å². The van der Waals surface area contributed by atoms with Crippen LogP contribution < -0.4 is 10.6 Å². The van der Waals surface area contributed by atoms with Crippen molar-refractivity contribution in [2.45, 2.75) is 57.9 Å². The smallest absolute Gasteiger partial charge is 0.339 e. The van der Waals surface area contributed by atoms with Crippen LogP contribution in [0.3, 0.4) is 0 Å². The molecule has 0 bridgehead atoms. The highest BCUT2D eigenvalue weighted by atomic mass is 19.4. The highest BCUT2D eigenvalue weighted by molar-refractivity contribution is 5.92. The number of alkyl halides is 3. The van der Waals surface area contributed by atoms with Crippen LogP contribution in [0.25, 0.3) is 0 Å². The quantitative estimate of drug-likeness (QED) is 0.723. The van der Waals surface area contributed by atoms with E-state index in [-0.39, 0.29) is 23.2 Å². The molecule has 2 saturated carbocycles. The monoisotopic (exact) mass is 386 g/mol. The predicted octanol–water partition coefficient (Wildman–Crippen LogP) is 1.43. The van der Waals surface area contributed by atoms with Gasteiger partial charge in [-0.05, 0) is 42.9 Å². The second-order valence-electron chi connectivity index (χ2n) is 8.56. The Morgan fingerprint density at radius 1 is 1.33 bits per heavy atom. The van der Waals surface area contributed by atoms with E-state index < -0.39 is 42.7 Å². The van der Waals surface area contributed by atoms with Crippen molar-refractivity contribution in [1.82, 2.24) is 15.5 Å². The first kappa shape index (κ1) is 19.9. The molecule has 2 N–H and O–H groups in total. The summed E-state index contributed by atoms with van der Waals surface area (Å²) < 4.78 is 37.8. The molecule has 0 aromatic carbocycles. The molecule has 1 aliphatic heterocycles. The average molecular weight is 386 g/mol. The van der Waals surface area contributed by atoms with E-state index in [1.807, 2.05) is 19.9 Å². The number of amides is 2. The molecule has 2 amide bonds. The maximum Gasteiger partial charge on any atom is 0.401 e. The molecule has 0 radical (unpaired) electrons. The van der Waals surface area contributed by atoms with E-state index in [2.05, 4.69) is 10.6 Å². The van der Waals surface area contributed by atoms with Crippen molar-refractivity contribution in [3.8, 4) is 6.07 Å². The summed E-state index contributed by atoms with van der Waals surface area (Å²) >= 11 is 0. The fraction of sp³-hybridized carbons (Fsp3) is 0.833. The number of likely N-dealkylation sites (tertiary alicyclic amines) is 1. The zero-order valence-electron chi connectivity index (χ0n) is 15.6. The van der Waals surface area contributed by atoms with Crippen molar-refractivity contribution in [3.05, 3.63) is 0 Å². The van der Waals surface area contributed by atoms with Crippen molar-refractivity contribution in [3.63, 3.8) is 0 Å². The lowest BCUT2D eigenvalue weighted by molar-refractivity contribution is -0.145. The lowest BCUT2D eigenvalue weighted by Gasteiger charge is -2.33. The first-order chi connectivity index (χ1) is 12.5. The highest BCUT2D eigenvalue weighted by Crippen LogP contribution is 2.65. The van der Waals surface area contributed by atoms with Gasteiger partial charge in [-0.25, -0.2) is 0 Å². The number of carbonyl (C=O) groups excluding carboxylic acids is 2. The summed E-state index contributed by atoms with van der Waals surface area (Å²) in [5.74, 6) is -0.839. The number of nitriles is 1. The second kappa shape index (κ2) is 6.66. The van der Waals surface area contributed by atoms with Gasteiger partial charge in [0.15, 0.2) is 0 Å². The van der Waals surface area contributed by atoms with E-state index in [0.29, 0.717) is 19.4 Å². The van der Waals surface area contributed by atoms with E-state index in [1.165, 1.54) is 4.90 Å². The molecule has 9 heteroatoms. The number of rotatable bonds is 6. The Labute approximate surface area is 156 Å². The summed E-state index contributed by atoms with van der Waals surface area (Å²) in [6.45, 7) is 4.74. The SMILES string of the molecule is C[C@@H](C#N)NC(=O)[C@@H]1[C@@H]2[C@H](CN1C(=O)[C@@H](NCC(F)(F)F)C1CC1)C2(C)C. The van der Waals surface area contributed by atoms with Crippen LogP contribution in [-0.2, 0) is 9.59 Å². The van der Waals surface area contributed by atoms with Gasteiger partial charge in [0, 0.05) is 6.54 Å². The molecular formula is C18H25F3N4O2. The number of nitrogens with zero attached hydrogens (tertiary/aromatic N) is 2. The minimum Gasteiger partial charge on any atom is -0.339 e. The van der Waals surface area contributed by atoms with Gasteiger partial charge in [0.05, 0.1) is 18.7 Å². The Kier molecular flexibility index (Phi) is 4.91. The van der Waals surface area contributed by atoms with Crippen molar-refractivity contribution >= 4 is 11.8 Å². The van der Waals surface area contributed by atoms with Crippen LogP contribution >= 0.6 is 0 Å². The first-order valence-corrected chi connectivity index (χ1v) is 9.28. The third-order valence-corrected chi connectivity index (χ3v) is 6.19. The minimum absolute atomic E-state index is 0.0326. The summed E-state index contributed by atoms with van der Waals surface area (Å²) in [6, 6.07) is -0.423. The lowest BCUT2D eigenvalue weighted by Crippen LogP contribution is -2.57. The molecule has 3 aliphatic rings. The fourth-order valence-electron chi connectivity index (χ4n) is 4.43. The van der Waals surface area contributed by atoms with Gasteiger partial charge < -0.3 is 10.2 Å². The summed E-state index contributed by atoms with van der Waals surface area (Å²) in [4.78, 5) is 27.2. The lowest BCUT2D eigenvalue weighted by atomic mass is 9.99. The van der Waals surface area contributed by atoms with Gasteiger partial charge in [0.25, 0.3) is 0 Å². The summed E-state index contributed by atoms with van der Waals surface area (Å²) in [6.07, 6.45) is -2.99. The molecule has 0 unspecified atom stereocenters. The van der Waals surface area contributed by atoms with Gasteiger partial charge in [-0.2, -0.15) is 18.4 Å². The number of nitrogens with one attached hydrogen (secondary N) is 2. The highest BCUT2D eigenvalue weighted by Gasteiger charge is 2.69. The fourth-order valence-corrected chi connectivity index (χ4v) is 4.43. The predicted molar refractivity (Wildman–Crippen MR) is 90.0 cm³/mol. The first-order valence-electron chi connectivity index (χ1n) is 9.28. The molecule has 5 atom stereocenters. The number of fused-ring (bicyclic) bond motifs is 1. The topological polar surface area (TPSA) is 85.2 Å². The molecule has 27 heavy (non-hydrogen) atoms. The number of halogens is 3. The molecular weight excluding hydrogens is 361 g/mol. The largest absolute Gasteiger partial charge is 0.401 e. The molecule has 0 aromatic heterocycles. The zero-order chi connectivity index (χ0) is 20.1. The molecule has 3 rings (SSSR count). The van der Waals surface area contributed by atoms with E-state index in [9.17, 15) is 22.8 Å². The van der Waals surface area contributed by atoms with Gasteiger partial charge in [0.1, 0.15) is 12.1 Å². The molecule has 0 aromatic rings. The van der Waals surface area contributed by atoms with E-state index in [0.717, 1.165) is 0 Å². The number of hydrogen-bond donors (Lipinski definition) is 2. The third kappa shape index (κ3) is 3.91. The zero-order valence-corrected chi connectivity index (χ0v) is 15.6. The summed E-state index contributed by atoms with van der Waals surface area (Å²) in [5, 5.41) is 13.9. The molecule has 3 fully saturated rings. The molecule has 0 spiro atoms. The van der Waals surface area contributed by atoms with Crippen LogP contribution in [0.4, 0.5) is 13.2 Å². The van der Waals surface area contributed by atoms with E-state index in [4.69, 9.17) is 5.26 Å². The Morgan fingerprint density at radius 2 is 1.96 bits per heavy atom. The second-order valence-corrected chi connectivity index (χ2v) is 8.56. The average Bonchev–Trinajstić information content (AvgIpc) is 3.42. The van der Waals surface area contributed by atoms with Crippen molar-refractivity contribution in [1.29, 1.82) is 5.26 Å². The van der Waals surface area contributed by atoms with Crippen LogP contribution in [0, 0.1) is 34.5 Å². The molecule has 150 valence electrons. The van der Waals surface area contributed by atoms with Crippen LogP contribution in [0.5, 0.6) is 0 Å². The van der Waals surface area contributed by atoms with Gasteiger partial charge >= 0.3 is 6.18 Å². The number of piperidine rings is 1. The maximum absolute atomic E-state index is 13.0. The minimum atomic E-state index is -4.40. The van der Waals surface area contributed by atoms with E-state index >= 15 is 0 Å². The molecule has 2 aliphatic carbocycles. The molecule has 1 saturated heterocycles. The number of carbonyl (C=O) groups is 2. The maximum atomic E-state index is 13.0. The van der Waals surface area contributed by atoms with Gasteiger partial charge in [0.2, 0.25) is 11.8 Å². The van der Waals surface area contributed by atoms with Gasteiger partial charge in [-0.3, -0.25) is 14.9 Å². The Balaban J connectivity index is 1.75. The summed E-state index contributed by atoms with van der Waals surface area (Å²) in [5.41, 5.74) is -0.0941. The van der Waals surface area contributed by atoms with Crippen molar-refractivity contribution < 1.29 is 22.8 Å². The third-order valence-electron chi connectivity index (χ3n) is 6.19. The van der Waals surface area contributed by atoms with Gasteiger partial charge in [-0.15, -0.1) is 0 Å². The van der Waals surface area contributed by atoms with Crippen molar-refractivity contribution in [2.24, 2.45) is 23.2 Å². The normalized spacial score (nSPS) is 30.9. The van der Waals surface area contributed by atoms with E-state index in [1.54, 1.807) is 6.92 Å². The Hall–Kier alpha value is -1.82. The number of hydrogen-bond acceptors (Lipinski definition) is 4. The van der Waals surface area contributed by atoms with Crippen LogP contribution in [0.15, 0.2) is 0 Å². The van der Waals surface area contributed by atoms with Crippen LogP contribution in [-0.4, -0.2) is 54.1 Å². The van der Waals surface area contributed by atoms with Crippen LogP contribution in [0.2, 0.25) is 0 Å². The summed E-state index contributed by atoms with van der Waals surface area (Å²) in [7, 11) is 0. The molecule has 6 nitrogen and oxygen atoms in total. The standard InChI is InChI=1S/C18H25F3N4O2/c1-9(6-22)24-15(26)14-12-11(17(12,2)3)7-25(14)16(27)13(10-4-5-10)23-8-18(19,20)21/h9-14,23H,4-5,7-8H2,1-3H3,(H,24,26)/t9-,11-,12-,13-,14-/m0/s1. The van der Waals surface area contributed by atoms with Crippen LogP contribution in [0.1, 0.15) is 33.6 Å². The Bertz CT molecular complexity index is 668. The molecule has 1 heterocycles. The van der Waals surface area contributed by atoms with Gasteiger partial charge in [-0.1, -0.05) is 13.8 Å².